The Balaban J connectivity index is 1.32. The van der Waals surface area contributed by atoms with Gasteiger partial charge in [0.05, 0.1) is 29.9 Å². The van der Waals surface area contributed by atoms with Crippen molar-refractivity contribution >= 4 is 5.91 Å². The van der Waals surface area contributed by atoms with Gasteiger partial charge in [0.15, 0.2) is 0 Å². The van der Waals surface area contributed by atoms with Crippen LogP contribution in [0.2, 0.25) is 0 Å². The Morgan fingerprint density at radius 1 is 1.24 bits per heavy atom. The summed E-state index contributed by atoms with van der Waals surface area (Å²) in [6.45, 7) is 3.70. The van der Waals surface area contributed by atoms with E-state index in [1.165, 1.54) is 0 Å². The Labute approximate surface area is 171 Å². The third-order valence-corrected chi connectivity index (χ3v) is 6.17. The molecule has 2 unspecified atom stereocenters. The van der Waals surface area contributed by atoms with Crippen molar-refractivity contribution < 1.29 is 4.79 Å². The third-order valence-electron chi connectivity index (χ3n) is 6.17. The zero-order chi connectivity index (χ0) is 20.2. The number of likely N-dealkylation sites (tertiary alicyclic amines) is 2. The third kappa shape index (κ3) is 4.65. The minimum atomic E-state index is 0.198. The molecular weight excluding hydrogens is 364 g/mol. The molecule has 0 aliphatic carbocycles. The molecule has 0 N–H and O–H groups in total. The van der Waals surface area contributed by atoms with E-state index < -0.39 is 0 Å². The summed E-state index contributed by atoms with van der Waals surface area (Å²) in [5, 5.41) is 17.6. The van der Waals surface area contributed by atoms with Crippen LogP contribution >= 0.6 is 0 Å². The maximum Gasteiger partial charge on any atom is 0.223 e. The molecule has 0 radical (unpaired) electrons. The largest absolute Gasteiger partial charge is 0.338 e. The van der Waals surface area contributed by atoms with Crippen LogP contribution in [-0.4, -0.2) is 63.4 Å². The topological polar surface area (TPSA) is 78.0 Å². The molecule has 2 aromatic rings. The number of carbonyl (C=O) groups is 1. The summed E-state index contributed by atoms with van der Waals surface area (Å²) >= 11 is 0. The van der Waals surface area contributed by atoms with E-state index in [9.17, 15) is 4.79 Å². The zero-order valence-corrected chi connectivity index (χ0v) is 17.0. The van der Waals surface area contributed by atoms with Crippen LogP contribution in [0.5, 0.6) is 0 Å². The number of nitriles is 1. The molecule has 2 saturated heterocycles. The number of nitrogens with zero attached hydrogens (tertiary/aromatic N) is 6. The molecule has 0 bridgehead atoms. The second-order valence-corrected chi connectivity index (χ2v) is 8.31. The molecule has 7 nitrogen and oxygen atoms in total. The highest BCUT2D eigenvalue weighted by atomic mass is 16.2. The molecule has 0 saturated carbocycles. The Morgan fingerprint density at radius 2 is 2.07 bits per heavy atom. The summed E-state index contributed by atoms with van der Waals surface area (Å²) in [7, 11) is 2.14. The van der Waals surface area contributed by atoms with Gasteiger partial charge in [-0.25, -0.2) is 0 Å². The number of amides is 1. The summed E-state index contributed by atoms with van der Waals surface area (Å²) < 4.78 is 1.92. The van der Waals surface area contributed by atoms with Crippen LogP contribution in [0.1, 0.15) is 48.4 Å². The number of benzene rings is 1. The monoisotopic (exact) mass is 392 g/mol. The molecule has 29 heavy (non-hydrogen) atoms. The molecule has 2 aliphatic heterocycles. The number of aromatic nitrogens is 3. The van der Waals surface area contributed by atoms with E-state index in [0.717, 1.165) is 56.7 Å². The van der Waals surface area contributed by atoms with Crippen molar-refractivity contribution in [3.8, 4) is 6.07 Å². The van der Waals surface area contributed by atoms with Gasteiger partial charge in [-0.3, -0.25) is 9.48 Å². The van der Waals surface area contributed by atoms with Gasteiger partial charge in [0.2, 0.25) is 5.91 Å². The lowest BCUT2D eigenvalue weighted by Crippen LogP contribution is -2.38. The van der Waals surface area contributed by atoms with Crippen molar-refractivity contribution in [1.82, 2.24) is 24.8 Å². The summed E-state index contributed by atoms with van der Waals surface area (Å²) in [6, 6.07) is 9.81. The van der Waals surface area contributed by atoms with Crippen molar-refractivity contribution in [2.45, 2.75) is 50.6 Å². The minimum Gasteiger partial charge on any atom is -0.338 e. The van der Waals surface area contributed by atoms with Gasteiger partial charge in [-0.15, -0.1) is 5.10 Å². The Kier molecular flexibility index (Phi) is 5.91. The van der Waals surface area contributed by atoms with Gasteiger partial charge >= 0.3 is 0 Å². The number of rotatable bonds is 6. The van der Waals surface area contributed by atoms with E-state index in [1.54, 1.807) is 0 Å². The number of hydrogen-bond donors (Lipinski definition) is 0. The molecule has 1 aromatic heterocycles. The van der Waals surface area contributed by atoms with E-state index in [4.69, 9.17) is 5.26 Å². The maximum absolute atomic E-state index is 12.8. The van der Waals surface area contributed by atoms with Crippen LogP contribution < -0.4 is 0 Å². The smallest absolute Gasteiger partial charge is 0.223 e. The average Bonchev–Trinajstić information content (AvgIpc) is 3.48. The lowest BCUT2D eigenvalue weighted by molar-refractivity contribution is -0.132. The van der Waals surface area contributed by atoms with Crippen LogP contribution in [0, 0.1) is 11.3 Å². The highest BCUT2D eigenvalue weighted by Gasteiger charge is 2.30. The van der Waals surface area contributed by atoms with Crippen molar-refractivity contribution in [1.29, 1.82) is 5.26 Å². The summed E-state index contributed by atoms with van der Waals surface area (Å²) in [4.78, 5) is 17.2. The molecule has 4 rings (SSSR count). The fourth-order valence-corrected chi connectivity index (χ4v) is 4.48. The normalized spacial score (nSPS) is 22.1. The molecule has 3 heterocycles. The van der Waals surface area contributed by atoms with Gasteiger partial charge in [0.25, 0.3) is 0 Å². The van der Waals surface area contributed by atoms with Crippen molar-refractivity contribution in [3.05, 3.63) is 47.3 Å². The molecule has 152 valence electrons. The molecular formula is C22H28N6O. The van der Waals surface area contributed by atoms with Gasteiger partial charge in [-0.1, -0.05) is 17.3 Å². The molecule has 0 spiro atoms. The van der Waals surface area contributed by atoms with E-state index in [1.807, 2.05) is 33.8 Å². The molecule has 2 atom stereocenters. The van der Waals surface area contributed by atoms with Crippen LogP contribution in [0.25, 0.3) is 0 Å². The van der Waals surface area contributed by atoms with Gasteiger partial charge in [-0.2, -0.15) is 5.26 Å². The Bertz CT molecular complexity index is 883. The highest BCUT2D eigenvalue weighted by molar-refractivity contribution is 5.77. The molecule has 2 fully saturated rings. The second kappa shape index (κ2) is 8.75. The Hall–Kier alpha value is -2.72. The fourth-order valence-electron chi connectivity index (χ4n) is 4.48. The zero-order valence-electron chi connectivity index (χ0n) is 17.0. The van der Waals surface area contributed by atoms with Crippen molar-refractivity contribution in [2.24, 2.45) is 0 Å². The highest BCUT2D eigenvalue weighted by Crippen LogP contribution is 2.25. The van der Waals surface area contributed by atoms with Crippen LogP contribution in [0.15, 0.2) is 30.5 Å². The lowest BCUT2D eigenvalue weighted by atomic mass is 10.1. The first-order valence-corrected chi connectivity index (χ1v) is 10.5. The summed E-state index contributed by atoms with van der Waals surface area (Å²) in [5.41, 5.74) is 2.82. The first-order valence-electron chi connectivity index (χ1n) is 10.5. The van der Waals surface area contributed by atoms with Crippen molar-refractivity contribution in [3.63, 3.8) is 0 Å². The molecule has 1 aromatic carbocycles. The molecule has 2 aliphatic rings. The summed E-state index contributed by atoms with van der Waals surface area (Å²) in [6.07, 6.45) is 6.47. The number of hydrogen-bond acceptors (Lipinski definition) is 5. The van der Waals surface area contributed by atoms with E-state index in [0.29, 0.717) is 24.3 Å². The van der Waals surface area contributed by atoms with Gasteiger partial charge < -0.3 is 9.80 Å². The Morgan fingerprint density at radius 3 is 2.79 bits per heavy atom. The van der Waals surface area contributed by atoms with Crippen LogP contribution in [0.4, 0.5) is 0 Å². The average molecular weight is 393 g/mol. The van der Waals surface area contributed by atoms with Gasteiger partial charge in [0.1, 0.15) is 0 Å². The number of likely N-dealkylation sites (N-methyl/N-ethyl adjacent to an activating group) is 1. The predicted molar refractivity (Wildman–Crippen MR) is 109 cm³/mol. The van der Waals surface area contributed by atoms with Gasteiger partial charge in [-0.05, 0) is 57.0 Å². The van der Waals surface area contributed by atoms with Gasteiger partial charge in [0, 0.05) is 31.6 Å². The lowest BCUT2D eigenvalue weighted by Gasteiger charge is -2.24. The van der Waals surface area contributed by atoms with Crippen molar-refractivity contribution in [2.75, 3.05) is 26.7 Å². The first kappa shape index (κ1) is 19.6. The number of aryl methyl sites for hydroxylation is 1. The minimum absolute atomic E-state index is 0.198. The number of carbonyl (C=O) groups excluding carboxylic acids is 1. The predicted octanol–water partition coefficient (Wildman–Crippen LogP) is 2.19. The second-order valence-electron chi connectivity index (χ2n) is 8.31. The maximum atomic E-state index is 12.8. The van der Waals surface area contributed by atoms with E-state index >= 15 is 0 Å². The summed E-state index contributed by atoms with van der Waals surface area (Å²) in [5.74, 6) is 0.678. The standard InChI is InChI=1S/C22H28N6O/c1-26-12-10-19(14-26)21-16-27(25-24-21)15-20-3-2-11-28(20)22(29)9-8-17-4-6-18(13-23)7-5-17/h4-7,16,19-20H,2-3,8-12,14-15H2,1H3. The van der Waals surface area contributed by atoms with E-state index in [2.05, 4.69) is 34.5 Å². The SMILES string of the molecule is CN1CCC(c2cn(CC3CCCN3C(=O)CCc3ccc(C#N)cc3)nn2)C1. The van der Waals surface area contributed by atoms with E-state index in [-0.39, 0.29) is 11.9 Å². The molecule has 7 heteroatoms. The first-order chi connectivity index (χ1) is 14.1. The quantitative estimate of drug-likeness (QED) is 0.753. The fraction of sp³-hybridized carbons (Fsp3) is 0.545. The molecule has 1 amide bonds. The van der Waals surface area contributed by atoms with Crippen LogP contribution in [0.3, 0.4) is 0 Å². The van der Waals surface area contributed by atoms with Crippen LogP contribution in [-0.2, 0) is 17.8 Å².